The monoisotopic (exact) mass is 240 g/mol. The molecule has 0 saturated carbocycles. The van der Waals surface area contributed by atoms with E-state index < -0.39 is 17.3 Å². The zero-order valence-electron chi connectivity index (χ0n) is 7.81. The lowest BCUT2D eigenvalue weighted by Gasteiger charge is -1.94. The summed E-state index contributed by atoms with van der Waals surface area (Å²) in [5.74, 6) is 3.46. The quantitative estimate of drug-likeness (QED) is 0.480. The minimum Gasteiger partial charge on any atom is -0.481 e. The number of nitro groups is 1. The molecule has 1 N–H and O–H groups in total. The second-order valence-electron chi connectivity index (χ2n) is 2.65. The van der Waals surface area contributed by atoms with E-state index in [-0.39, 0.29) is 16.4 Å². The maximum absolute atomic E-state index is 10.6. The Balaban J connectivity index is 3.07. The average Bonchev–Trinajstić information content (AvgIpc) is 2.19. The van der Waals surface area contributed by atoms with Gasteiger partial charge < -0.3 is 5.11 Å². The first-order chi connectivity index (χ1) is 7.50. The number of nitrogens with zero attached hydrogens (tertiary/aromatic N) is 2. The Hall–Kier alpha value is -2.13. The fourth-order valence-corrected chi connectivity index (χ4v) is 1.02. The van der Waals surface area contributed by atoms with Gasteiger partial charge in [0.15, 0.2) is 5.69 Å². The summed E-state index contributed by atoms with van der Waals surface area (Å²) in [5.41, 5.74) is -0.443. The predicted octanol–water partition coefficient (Wildman–Crippen LogP) is 1.47. The molecular weight excluding hydrogens is 236 g/mol. The van der Waals surface area contributed by atoms with Gasteiger partial charge in [0.25, 0.3) is 0 Å². The van der Waals surface area contributed by atoms with Gasteiger partial charge in [-0.2, -0.15) is 0 Å². The molecule has 0 spiro atoms. The Kier molecular flexibility index (Phi) is 3.80. The second-order valence-corrected chi connectivity index (χ2v) is 3.09. The SMILES string of the molecule is O=C(O)CC#Cc1ncc(Cl)cc1[N+](=O)[O-]. The van der Waals surface area contributed by atoms with Crippen molar-refractivity contribution in [1.82, 2.24) is 4.98 Å². The third-order valence-corrected chi connectivity index (χ3v) is 1.68. The van der Waals surface area contributed by atoms with Gasteiger partial charge in [-0.25, -0.2) is 4.98 Å². The van der Waals surface area contributed by atoms with E-state index in [1.54, 1.807) is 0 Å². The molecule has 0 aromatic carbocycles. The first-order valence-corrected chi connectivity index (χ1v) is 4.39. The number of hydrogen-bond donors (Lipinski definition) is 1. The molecule has 82 valence electrons. The number of pyridine rings is 1. The molecule has 6 nitrogen and oxygen atoms in total. The van der Waals surface area contributed by atoms with Gasteiger partial charge in [0.05, 0.1) is 9.95 Å². The van der Waals surface area contributed by atoms with E-state index in [0.29, 0.717) is 0 Å². The second kappa shape index (κ2) is 5.09. The molecule has 0 bridgehead atoms. The molecular formula is C9H5ClN2O4. The summed E-state index contributed by atoms with van der Waals surface area (Å²) in [5, 5.41) is 19.1. The van der Waals surface area contributed by atoms with Crippen molar-refractivity contribution in [3.63, 3.8) is 0 Å². The zero-order chi connectivity index (χ0) is 12.1. The topological polar surface area (TPSA) is 93.3 Å². The first kappa shape index (κ1) is 11.9. The van der Waals surface area contributed by atoms with Crippen LogP contribution in [0.1, 0.15) is 12.1 Å². The summed E-state index contributed by atoms with van der Waals surface area (Å²) in [4.78, 5) is 23.8. The van der Waals surface area contributed by atoms with Gasteiger partial charge in [-0.3, -0.25) is 14.9 Å². The van der Waals surface area contributed by atoms with Crippen LogP contribution in [0.2, 0.25) is 5.02 Å². The van der Waals surface area contributed by atoms with Crippen molar-refractivity contribution < 1.29 is 14.8 Å². The van der Waals surface area contributed by atoms with Gasteiger partial charge in [-0.15, -0.1) is 0 Å². The number of carbonyl (C=O) groups is 1. The van der Waals surface area contributed by atoms with Gasteiger partial charge in [-0.05, 0) is 5.92 Å². The van der Waals surface area contributed by atoms with Crippen molar-refractivity contribution in [1.29, 1.82) is 0 Å². The van der Waals surface area contributed by atoms with Crippen LogP contribution < -0.4 is 0 Å². The van der Waals surface area contributed by atoms with E-state index >= 15 is 0 Å². The fourth-order valence-electron chi connectivity index (χ4n) is 0.868. The number of rotatable bonds is 2. The smallest absolute Gasteiger partial charge is 0.315 e. The number of hydrogen-bond acceptors (Lipinski definition) is 4. The van der Waals surface area contributed by atoms with E-state index in [4.69, 9.17) is 16.7 Å². The van der Waals surface area contributed by atoms with Crippen molar-refractivity contribution in [2.45, 2.75) is 6.42 Å². The number of carboxylic acids is 1. The summed E-state index contributed by atoms with van der Waals surface area (Å²) >= 11 is 5.54. The van der Waals surface area contributed by atoms with Gasteiger partial charge in [0.2, 0.25) is 0 Å². The summed E-state index contributed by atoms with van der Waals surface area (Å²) in [6, 6.07) is 1.11. The highest BCUT2D eigenvalue weighted by Gasteiger charge is 2.13. The molecule has 1 heterocycles. The highest BCUT2D eigenvalue weighted by molar-refractivity contribution is 6.30. The Bertz CT molecular complexity index is 504. The maximum Gasteiger partial charge on any atom is 0.315 e. The molecule has 0 saturated heterocycles. The van der Waals surface area contributed by atoms with Crippen molar-refractivity contribution in [2.24, 2.45) is 0 Å². The van der Waals surface area contributed by atoms with Crippen molar-refractivity contribution in [3.8, 4) is 11.8 Å². The lowest BCUT2D eigenvalue weighted by atomic mass is 10.3. The molecule has 0 atom stereocenters. The van der Waals surface area contributed by atoms with Crippen LogP contribution in [-0.4, -0.2) is 21.0 Å². The molecule has 7 heteroatoms. The van der Waals surface area contributed by atoms with Crippen LogP contribution in [0.15, 0.2) is 12.3 Å². The normalized spacial score (nSPS) is 9.06. The molecule has 1 aromatic rings. The van der Waals surface area contributed by atoms with E-state index in [1.165, 1.54) is 6.20 Å². The van der Waals surface area contributed by atoms with E-state index in [0.717, 1.165) is 6.07 Å². The van der Waals surface area contributed by atoms with Crippen LogP contribution in [0.4, 0.5) is 5.69 Å². The Morgan fingerprint density at radius 1 is 1.69 bits per heavy atom. The standard InChI is InChI=1S/C9H5ClN2O4/c10-6-4-8(12(15)16)7(11-5-6)2-1-3-9(13)14/h4-5H,3H2,(H,13,14). The van der Waals surface area contributed by atoms with Crippen LogP contribution in [0.3, 0.4) is 0 Å². The largest absolute Gasteiger partial charge is 0.481 e. The highest BCUT2D eigenvalue weighted by Crippen LogP contribution is 2.19. The minimum atomic E-state index is -1.11. The van der Waals surface area contributed by atoms with Crippen LogP contribution in [0, 0.1) is 22.0 Å². The van der Waals surface area contributed by atoms with Crippen molar-refractivity contribution in [2.75, 3.05) is 0 Å². The summed E-state index contributed by atoms with van der Waals surface area (Å²) < 4.78 is 0. The average molecular weight is 241 g/mol. The van der Waals surface area contributed by atoms with Gasteiger partial charge >= 0.3 is 11.7 Å². The Morgan fingerprint density at radius 2 is 2.38 bits per heavy atom. The molecule has 0 unspecified atom stereocenters. The molecule has 16 heavy (non-hydrogen) atoms. The van der Waals surface area contributed by atoms with Crippen molar-refractivity contribution in [3.05, 3.63) is 33.1 Å². The number of halogens is 1. The maximum atomic E-state index is 10.6. The van der Waals surface area contributed by atoms with Gasteiger partial charge in [0.1, 0.15) is 6.42 Å². The summed E-state index contributed by atoms with van der Waals surface area (Å²) in [7, 11) is 0. The Morgan fingerprint density at radius 3 is 2.94 bits per heavy atom. The number of aromatic nitrogens is 1. The number of carboxylic acid groups (broad SMARTS) is 1. The summed E-state index contributed by atoms with van der Waals surface area (Å²) in [6.07, 6.45) is 0.806. The molecule has 0 fully saturated rings. The molecule has 0 aliphatic carbocycles. The zero-order valence-corrected chi connectivity index (χ0v) is 8.56. The molecule has 0 radical (unpaired) electrons. The van der Waals surface area contributed by atoms with E-state index in [2.05, 4.69) is 16.8 Å². The van der Waals surface area contributed by atoms with Gasteiger partial charge in [-0.1, -0.05) is 17.5 Å². The van der Waals surface area contributed by atoms with E-state index in [1.807, 2.05) is 0 Å². The Labute approximate surface area is 95.0 Å². The predicted molar refractivity (Wildman–Crippen MR) is 55.0 cm³/mol. The summed E-state index contributed by atoms with van der Waals surface area (Å²) in [6.45, 7) is 0. The first-order valence-electron chi connectivity index (χ1n) is 4.01. The third-order valence-electron chi connectivity index (χ3n) is 1.48. The molecule has 1 rings (SSSR count). The lowest BCUT2D eigenvalue weighted by Crippen LogP contribution is -1.95. The van der Waals surface area contributed by atoms with Gasteiger partial charge in [0, 0.05) is 12.3 Å². The van der Waals surface area contributed by atoms with Crippen molar-refractivity contribution >= 4 is 23.3 Å². The fraction of sp³-hybridized carbons (Fsp3) is 0.111. The number of aliphatic carboxylic acids is 1. The van der Waals surface area contributed by atoms with E-state index in [9.17, 15) is 14.9 Å². The molecule has 0 amide bonds. The van der Waals surface area contributed by atoms with Crippen LogP contribution in [-0.2, 0) is 4.79 Å². The minimum absolute atomic E-state index is 0.101. The van der Waals surface area contributed by atoms with Crippen LogP contribution >= 0.6 is 11.6 Å². The third kappa shape index (κ3) is 3.22. The lowest BCUT2D eigenvalue weighted by molar-refractivity contribution is -0.385. The van der Waals surface area contributed by atoms with Crippen LogP contribution in [0.5, 0.6) is 0 Å². The molecule has 0 aliphatic rings. The van der Waals surface area contributed by atoms with Crippen LogP contribution in [0.25, 0.3) is 0 Å². The molecule has 1 aromatic heterocycles. The highest BCUT2D eigenvalue weighted by atomic mass is 35.5. The molecule has 0 aliphatic heterocycles.